The summed E-state index contributed by atoms with van der Waals surface area (Å²) < 4.78 is 39.7. The number of thiophene rings is 1. The van der Waals surface area contributed by atoms with Gasteiger partial charge in [-0.05, 0) is 44.5 Å². The van der Waals surface area contributed by atoms with Gasteiger partial charge < -0.3 is 15.6 Å². The number of hydrogen-bond donors (Lipinski definition) is 3. The average molecular weight is 409 g/mol. The fraction of sp³-hybridized carbons (Fsp3) is 0.350. The zero-order valence-electron chi connectivity index (χ0n) is 15.7. The van der Waals surface area contributed by atoms with E-state index in [2.05, 4.69) is 15.6 Å². The molecule has 3 rings (SSSR count). The van der Waals surface area contributed by atoms with Gasteiger partial charge in [0.15, 0.2) is 5.43 Å². The summed E-state index contributed by atoms with van der Waals surface area (Å²) in [6.45, 7) is 4.59. The summed E-state index contributed by atoms with van der Waals surface area (Å²) in [5.74, 6) is 0.632. The number of nitrogens with one attached hydrogen (secondary N) is 3. The van der Waals surface area contributed by atoms with Crippen molar-refractivity contribution in [3.63, 3.8) is 0 Å². The summed E-state index contributed by atoms with van der Waals surface area (Å²) in [5, 5.41) is 6.87. The van der Waals surface area contributed by atoms with E-state index in [1.165, 1.54) is 24.3 Å². The normalized spacial score (nSPS) is 11.9. The van der Waals surface area contributed by atoms with E-state index in [9.17, 15) is 18.0 Å². The minimum absolute atomic E-state index is 0.0573. The minimum atomic E-state index is -4.32. The van der Waals surface area contributed by atoms with Gasteiger partial charge in [-0.1, -0.05) is 12.1 Å². The summed E-state index contributed by atoms with van der Waals surface area (Å²) in [5.41, 5.74) is 0.516. The number of aromatic amines is 1. The van der Waals surface area contributed by atoms with Crippen LogP contribution in [0.2, 0.25) is 0 Å². The molecule has 3 aromatic rings. The Morgan fingerprint density at radius 2 is 1.89 bits per heavy atom. The quantitative estimate of drug-likeness (QED) is 0.491. The highest BCUT2D eigenvalue weighted by Gasteiger charge is 2.37. The number of anilines is 1. The summed E-state index contributed by atoms with van der Waals surface area (Å²) in [7, 11) is 0. The third kappa shape index (κ3) is 4.56. The molecule has 3 N–H and O–H groups in total. The van der Waals surface area contributed by atoms with Crippen molar-refractivity contribution in [2.45, 2.75) is 33.0 Å². The number of benzene rings is 1. The Labute approximate surface area is 164 Å². The Morgan fingerprint density at radius 1 is 1.14 bits per heavy atom. The molecule has 0 aliphatic carbocycles. The number of alkyl halides is 3. The summed E-state index contributed by atoms with van der Waals surface area (Å²) in [4.78, 5) is 16.3. The van der Waals surface area contributed by atoms with Crippen LogP contribution >= 0.6 is 11.3 Å². The van der Waals surface area contributed by atoms with E-state index < -0.39 is 11.7 Å². The number of halogens is 3. The van der Waals surface area contributed by atoms with E-state index in [-0.39, 0.29) is 12.0 Å². The van der Waals surface area contributed by atoms with Gasteiger partial charge in [-0.3, -0.25) is 4.79 Å². The standard InChI is InChI=1S/C20H22F3N3OS/c1-12-13(2)28-17(19(12)20(21,22)23)11-24-8-5-9-25-18-10-16(27)14-6-3-4-7-15(14)26-18/h3-4,6-7,10,24H,5,8-9,11H2,1-2H3,(H2,25,26,27). The molecule has 2 heterocycles. The number of pyridine rings is 1. The van der Waals surface area contributed by atoms with Crippen molar-refractivity contribution in [1.82, 2.24) is 10.3 Å². The first-order valence-corrected chi connectivity index (χ1v) is 9.81. The van der Waals surface area contributed by atoms with Crippen LogP contribution in [0.4, 0.5) is 19.0 Å². The highest BCUT2D eigenvalue weighted by molar-refractivity contribution is 7.12. The van der Waals surface area contributed by atoms with Crippen molar-refractivity contribution in [3.8, 4) is 0 Å². The molecule has 0 amide bonds. The maximum absolute atomic E-state index is 13.2. The van der Waals surface area contributed by atoms with Crippen molar-refractivity contribution in [2.75, 3.05) is 18.4 Å². The number of fused-ring (bicyclic) bond motifs is 1. The monoisotopic (exact) mass is 409 g/mol. The molecule has 28 heavy (non-hydrogen) atoms. The van der Waals surface area contributed by atoms with Crippen LogP contribution in [-0.2, 0) is 12.7 Å². The van der Waals surface area contributed by atoms with E-state index >= 15 is 0 Å². The molecule has 0 saturated heterocycles. The molecule has 0 unspecified atom stereocenters. The Morgan fingerprint density at radius 3 is 2.64 bits per heavy atom. The average Bonchev–Trinajstić information content (AvgIpc) is 2.92. The number of para-hydroxylation sites is 1. The minimum Gasteiger partial charge on any atom is -0.371 e. The highest BCUT2D eigenvalue weighted by Crippen LogP contribution is 2.40. The molecule has 0 spiro atoms. The highest BCUT2D eigenvalue weighted by atomic mass is 32.1. The largest absolute Gasteiger partial charge is 0.417 e. The fourth-order valence-electron chi connectivity index (χ4n) is 3.12. The lowest BCUT2D eigenvalue weighted by molar-refractivity contribution is -0.138. The van der Waals surface area contributed by atoms with Crippen molar-refractivity contribution in [1.29, 1.82) is 0 Å². The molecule has 0 bridgehead atoms. The lowest BCUT2D eigenvalue weighted by Gasteiger charge is -2.11. The predicted octanol–water partition coefficient (Wildman–Crippen LogP) is 4.82. The van der Waals surface area contributed by atoms with Crippen LogP contribution in [0, 0.1) is 13.8 Å². The second-order valence-electron chi connectivity index (χ2n) is 6.63. The van der Waals surface area contributed by atoms with Gasteiger partial charge in [-0.25, -0.2) is 0 Å². The lowest BCUT2D eigenvalue weighted by atomic mass is 10.1. The van der Waals surface area contributed by atoms with Gasteiger partial charge in [0, 0.05) is 34.3 Å². The Bertz CT molecular complexity index is 1020. The number of aryl methyl sites for hydroxylation is 1. The molecule has 1 aromatic carbocycles. The van der Waals surface area contributed by atoms with Crippen LogP contribution < -0.4 is 16.1 Å². The van der Waals surface area contributed by atoms with Gasteiger partial charge in [-0.2, -0.15) is 13.2 Å². The van der Waals surface area contributed by atoms with Crippen LogP contribution in [0.15, 0.2) is 35.1 Å². The Kier molecular flexibility index (Phi) is 6.10. The smallest absolute Gasteiger partial charge is 0.371 e. The van der Waals surface area contributed by atoms with Crippen molar-refractivity contribution in [2.24, 2.45) is 0 Å². The van der Waals surface area contributed by atoms with Gasteiger partial charge >= 0.3 is 6.18 Å². The first-order chi connectivity index (χ1) is 13.3. The predicted molar refractivity (Wildman–Crippen MR) is 108 cm³/mol. The number of H-pyrrole nitrogens is 1. The number of aromatic nitrogens is 1. The topological polar surface area (TPSA) is 56.9 Å². The molecule has 0 fully saturated rings. The lowest BCUT2D eigenvalue weighted by Crippen LogP contribution is -2.20. The maximum Gasteiger partial charge on any atom is 0.417 e. The van der Waals surface area contributed by atoms with E-state index in [1.54, 1.807) is 13.0 Å². The van der Waals surface area contributed by atoms with E-state index in [0.29, 0.717) is 46.0 Å². The first-order valence-electron chi connectivity index (χ1n) is 9.00. The SMILES string of the molecule is Cc1sc(CNCCCNc2cc(=O)c3ccccc3[nH]2)c(C(F)(F)F)c1C. The summed E-state index contributed by atoms with van der Waals surface area (Å²) in [6, 6.07) is 8.80. The van der Waals surface area contributed by atoms with E-state index in [4.69, 9.17) is 0 Å². The molecule has 0 radical (unpaired) electrons. The maximum atomic E-state index is 13.2. The zero-order chi connectivity index (χ0) is 20.3. The Balaban J connectivity index is 1.50. The molecule has 0 aliphatic heterocycles. The molecule has 4 nitrogen and oxygen atoms in total. The third-order valence-corrected chi connectivity index (χ3v) is 5.82. The van der Waals surface area contributed by atoms with Crippen LogP contribution in [-0.4, -0.2) is 18.1 Å². The molecular formula is C20H22F3N3OS. The van der Waals surface area contributed by atoms with Crippen LogP contribution in [0.25, 0.3) is 10.9 Å². The van der Waals surface area contributed by atoms with Crippen LogP contribution in [0.5, 0.6) is 0 Å². The first kappa shape index (κ1) is 20.4. The van der Waals surface area contributed by atoms with Gasteiger partial charge in [-0.15, -0.1) is 11.3 Å². The summed E-state index contributed by atoms with van der Waals surface area (Å²) in [6.07, 6.45) is -3.62. The molecule has 2 aromatic heterocycles. The van der Waals surface area contributed by atoms with Gasteiger partial charge in [0.1, 0.15) is 5.82 Å². The molecular weight excluding hydrogens is 387 g/mol. The number of rotatable bonds is 7. The van der Waals surface area contributed by atoms with Gasteiger partial charge in [0.05, 0.1) is 11.1 Å². The van der Waals surface area contributed by atoms with Crippen molar-refractivity contribution < 1.29 is 13.2 Å². The Hall–Kier alpha value is -2.32. The zero-order valence-corrected chi connectivity index (χ0v) is 16.5. The van der Waals surface area contributed by atoms with Gasteiger partial charge in [0.25, 0.3) is 0 Å². The molecule has 0 saturated carbocycles. The second-order valence-corrected chi connectivity index (χ2v) is 7.94. The number of hydrogen-bond acceptors (Lipinski definition) is 4. The van der Waals surface area contributed by atoms with Gasteiger partial charge in [0.2, 0.25) is 0 Å². The molecule has 150 valence electrons. The summed E-state index contributed by atoms with van der Waals surface area (Å²) >= 11 is 1.19. The molecule has 8 heteroatoms. The van der Waals surface area contributed by atoms with Crippen LogP contribution in [0.1, 0.15) is 27.3 Å². The van der Waals surface area contributed by atoms with E-state index in [1.807, 2.05) is 18.2 Å². The molecule has 0 atom stereocenters. The van der Waals surface area contributed by atoms with Crippen molar-refractivity contribution in [3.05, 3.63) is 61.4 Å². The second kappa shape index (κ2) is 8.36. The fourth-order valence-corrected chi connectivity index (χ4v) is 4.29. The van der Waals surface area contributed by atoms with Crippen LogP contribution in [0.3, 0.4) is 0 Å². The molecule has 0 aliphatic rings. The third-order valence-electron chi connectivity index (χ3n) is 4.61. The van der Waals surface area contributed by atoms with E-state index in [0.717, 1.165) is 5.52 Å². The van der Waals surface area contributed by atoms with Crippen molar-refractivity contribution >= 4 is 28.1 Å².